The number of amides is 1. The van der Waals surface area contributed by atoms with E-state index >= 15 is 0 Å². The molecule has 0 aliphatic heterocycles. The number of hydrogen-bond donors (Lipinski definition) is 1. The van der Waals surface area contributed by atoms with E-state index in [1.54, 1.807) is 49.4 Å². The van der Waals surface area contributed by atoms with Gasteiger partial charge in [0.25, 0.3) is 0 Å². The van der Waals surface area contributed by atoms with Gasteiger partial charge in [-0.15, -0.1) is 0 Å². The van der Waals surface area contributed by atoms with Crippen molar-refractivity contribution in [3.05, 3.63) is 52.5 Å². The maximum atomic E-state index is 12.4. The predicted molar refractivity (Wildman–Crippen MR) is 95.6 cm³/mol. The van der Waals surface area contributed by atoms with E-state index in [0.29, 0.717) is 35.8 Å². The Morgan fingerprint density at radius 2 is 1.79 bits per heavy atom. The third-order valence-corrected chi connectivity index (χ3v) is 3.62. The van der Waals surface area contributed by atoms with Gasteiger partial charge in [-0.05, 0) is 49.4 Å². The molecule has 0 atom stereocenters. The fourth-order valence-electron chi connectivity index (χ4n) is 1.96. The van der Waals surface area contributed by atoms with Gasteiger partial charge in [-0.3, -0.25) is 4.79 Å². The molecular formula is C18H18BrNO4. The lowest BCUT2D eigenvalue weighted by Gasteiger charge is -2.11. The van der Waals surface area contributed by atoms with Crippen LogP contribution in [0.5, 0.6) is 11.5 Å². The Labute approximate surface area is 149 Å². The van der Waals surface area contributed by atoms with Crippen LogP contribution in [0.15, 0.2) is 46.9 Å². The molecule has 6 heteroatoms. The maximum absolute atomic E-state index is 12.4. The predicted octanol–water partition coefficient (Wildman–Crippen LogP) is 4.42. The van der Waals surface area contributed by atoms with Gasteiger partial charge in [0.2, 0.25) is 5.91 Å². The molecule has 0 spiro atoms. The van der Waals surface area contributed by atoms with Crippen LogP contribution in [0, 0.1) is 0 Å². The molecule has 2 aromatic rings. The number of anilines is 1. The number of rotatable bonds is 6. The maximum Gasteiger partial charge on any atom is 0.347 e. The Kier molecular flexibility index (Phi) is 6.37. The number of hydrogen-bond acceptors (Lipinski definition) is 4. The van der Waals surface area contributed by atoms with E-state index in [0.717, 1.165) is 4.47 Å². The smallest absolute Gasteiger partial charge is 0.347 e. The molecule has 0 saturated carbocycles. The van der Waals surface area contributed by atoms with Crippen molar-refractivity contribution in [2.24, 2.45) is 0 Å². The van der Waals surface area contributed by atoms with Gasteiger partial charge in [-0.2, -0.15) is 0 Å². The van der Waals surface area contributed by atoms with Crippen molar-refractivity contribution < 1.29 is 19.1 Å². The topological polar surface area (TPSA) is 64.6 Å². The molecule has 0 bridgehead atoms. The van der Waals surface area contributed by atoms with Crippen LogP contribution in [0.1, 0.15) is 30.6 Å². The molecule has 5 nitrogen and oxygen atoms in total. The number of halogens is 1. The monoisotopic (exact) mass is 391 g/mol. The molecule has 24 heavy (non-hydrogen) atoms. The molecule has 126 valence electrons. The van der Waals surface area contributed by atoms with Crippen molar-refractivity contribution in [3.63, 3.8) is 0 Å². The summed E-state index contributed by atoms with van der Waals surface area (Å²) in [5, 5.41) is 2.73. The van der Waals surface area contributed by atoms with Crippen LogP contribution in [-0.2, 0) is 4.79 Å². The standard InChI is InChI=1S/C18H18BrNO4/c1-3-17(21)20-13-6-8-14(9-7-13)24-18(22)15-11-12(19)5-10-16(15)23-4-2/h5-11H,3-4H2,1-2H3,(H,20,21). The highest BCUT2D eigenvalue weighted by atomic mass is 79.9. The van der Waals surface area contributed by atoms with Crippen molar-refractivity contribution in [1.82, 2.24) is 0 Å². The van der Waals surface area contributed by atoms with Gasteiger partial charge in [-0.1, -0.05) is 22.9 Å². The normalized spacial score (nSPS) is 10.1. The average molecular weight is 392 g/mol. The summed E-state index contributed by atoms with van der Waals surface area (Å²) in [6, 6.07) is 11.8. The SMILES string of the molecule is CCOc1ccc(Br)cc1C(=O)Oc1ccc(NC(=O)CC)cc1. The second kappa shape index (κ2) is 8.49. The minimum atomic E-state index is -0.509. The summed E-state index contributed by atoms with van der Waals surface area (Å²) in [5.41, 5.74) is 0.994. The molecule has 0 radical (unpaired) electrons. The van der Waals surface area contributed by atoms with Gasteiger partial charge >= 0.3 is 5.97 Å². The summed E-state index contributed by atoms with van der Waals surface area (Å²) in [6.45, 7) is 4.08. The molecule has 0 saturated heterocycles. The van der Waals surface area contributed by atoms with Crippen LogP contribution in [-0.4, -0.2) is 18.5 Å². The minimum absolute atomic E-state index is 0.0739. The van der Waals surface area contributed by atoms with Gasteiger partial charge in [-0.25, -0.2) is 4.79 Å². The fraction of sp³-hybridized carbons (Fsp3) is 0.222. The van der Waals surface area contributed by atoms with E-state index in [2.05, 4.69) is 21.2 Å². The number of nitrogens with one attached hydrogen (secondary N) is 1. The first-order valence-electron chi connectivity index (χ1n) is 7.58. The number of benzene rings is 2. The van der Waals surface area contributed by atoms with E-state index in [4.69, 9.17) is 9.47 Å². The second-order valence-electron chi connectivity index (χ2n) is 4.89. The van der Waals surface area contributed by atoms with E-state index in [-0.39, 0.29) is 5.91 Å². The third-order valence-electron chi connectivity index (χ3n) is 3.13. The Balaban J connectivity index is 2.12. The average Bonchev–Trinajstić information content (AvgIpc) is 2.58. The van der Waals surface area contributed by atoms with Crippen molar-refractivity contribution in [1.29, 1.82) is 0 Å². The summed E-state index contributed by atoms with van der Waals surface area (Å²) in [5.74, 6) is 0.273. The number of esters is 1. The summed E-state index contributed by atoms with van der Waals surface area (Å²) in [6.07, 6.45) is 0.403. The molecule has 0 aromatic heterocycles. The van der Waals surface area contributed by atoms with Crippen LogP contribution >= 0.6 is 15.9 Å². The van der Waals surface area contributed by atoms with Gasteiger partial charge in [0.15, 0.2) is 0 Å². The highest BCUT2D eigenvalue weighted by Gasteiger charge is 2.15. The Morgan fingerprint density at radius 3 is 2.42 bits per heavy atom. The van der Waals surface area contributed by atoms with Gasteiger partial charge in [0.1, 0.15) is 17.1 Å². The molecule has 2 aromatic carbocycles. The van der Waals surface area contributed by atoms with Gasteiger partial charge < -0.3 is 14.8 Å². The van der Waals surface area contributed by atoms with Crippen LogP contribution in [0.4, 0.5) is 5.69 Å². The van der Waals surface area contributed by atoms with Crippen LogP contribution < -0.4 is 14.8 Å². The first-order chi connectivity index (χ1) is 11.5. The molecule has 0 aliphatic rings. The first-order valence-corrected chi connectivity index (χ1v) is 8.37. The largest absolute Gasteiger partial charge is 0.493 e. The third kappa shape index (κ3) is 4.83. The molecule has 0 aliphatic carbocycles. The van der Waals surface area contributed by atoms with Crippen molar-refractivity contribution in [2.45, 2.75) is 20.3 Å². The zero-order valence-electron chi connectivity index (χ0n) is 13.5. The molecule has 0 unspecified atom stereocenters. The number of carbonyl (C=O) groups is 2. The zero-order chi connectivity index (χ0) is 17.5. The van der Waals surface area contributed by atoms with Gasteiger partial charge in [0, 0.05) is 16.6 Å². The van der Waals surface area contributed by atoms with Crippen molar-refractivity contribution >= 4 is 33.5 Å². The quantitative estimate of drug-likeness (QED) is 0.584. The highest BCUT2D eigenvalue weighted by molar-refractivity contribution is 9.10. The molecule has 1 N–H and O–H groups in total. The van der Waals surface area contributed by atoms with E-state index in [1.807, 2.05) is 6.92 Å². The van der Waals surface area contributed by atoms with E-state index in [1.165, 1.54) is 0 Å². The lowest BCUT2D eigenvalue weighted by Crippen LogP contribution is -2.11. The highest BCUT2D eigenvalue weighted by Crippen LogP contribution is 2.25. The van der Waals surface area contributed by atoms with Gasteiger partial charge in [0.05, 0.1) is 6.61 Å². The minimum Gasteiger partial charge on any atom is -0.493 e. The zero-order valence-corrected chi connectivity index (χ0v) is 15.1. The summed E-state index contributed by atoms with van der Waals surface area (Å²) in [7, 11) is 0. The molecule has 1 amide bonds. The molecule has 0 fully saturated rings. The lowest BCUT2D eigenvalue weighted by atomic mass is 10.2. The summed E-state index contributed by atoms with van der Waals surface area (Å²) >= 11 is 3.34. The Bertz CT molecular complexity index is 728. The summed E-state index contributed by atoms with van der Waals surface area (Å²) in [4.78, 5) is 23.7. The number of carbonyl (C=O) groups excluding carboxylic acids is 2. The molecule has 0 heterocycles. The second-order valence-corrected chi connectivity index (χ2v) is 5.80. The van der Waals surface area contributed by atoms with Crippen molar-refractivity contribution in [3.8, 4) is 11.5 Å². The van der Waals surface area contributed by atoms with E-state index < -0.39 is 5.97 Å². The number of ether oxygens (including phenoxy) is 2. The van der Waals surface area contributed by atoms with Crippen LogP contribution in [0.2, 0.25) is 0 Å². The van der Waals surface area contributed by atoms with Crippen molar-refractivity contribution in [2.75, 3.05) is 11.9 Å². The molecule has 2 rings (SSSR count). The van der Waals surface area contributed by atoms with E-state index in [9.17, 15) is 9.59 Å². The Morgan fingerprint density at radius 1 is 1.08 bits per heavy atom. The lowest BCUT2D eigenvalue weighted by molar-refractivity contribution is -0.115. The summed E-state index contributed by atoms with van der Waals surface area (Å²) < 4.78 is 11.6. The molecular weight excluding hydrogens is 374 g/mol. The van der Waals surface area contributed by atoms with Crippen LogP contribution in [0.3, 0.4) is 0 Å². The Hall–Kier alpha value is -2.34. The first kappa shape index (κ1) is 18.0. The van der Waals surface area contributed by atoms with Crippen LogP contribution in [0.25, 0.3) is 0 Å². The fourth-order valence-corrected chi connectivity index (χ4v) is 2.32.